The number of aromatic nitrogens is 3. The average molecular weight is 439 g/mol. The van der Waals surface area contributed by atoms with Gasteiger partial charge >= 0.3 is 0 Å². The molecular weight excluding hydrogens is 416 g/mol. The highest BCUT2D eigenvalue weighted by Crippen LogP contribution is 2.36. The number of nitrogens with two attached hydrogens (primary N) is 1. The van der Waals surface area contributed by atoms with E-state index < -0.39 is 23.7 Å². The molecule has 166 valence electrons. The normalized spacial score (nSPS) is 14.8. The topological polar surface area (TPSA) is 106 Å². The van der Waals surface area contributed by atoms with Crippen molar-refractivity contribution >= 4 is 28.4 Å². The van der Waals surface area contributed by atoms with Crippen LogP contribution >= 0.6 is 0 Å². The Morgan fingerprint density at radius 3 is 2.72 bits per heavy atom. The molecule has 1 amide bonds. The fraction of sp³-hybridized carbons (Fsp3) is 0.261. The van der Waals surface area contributed by atoms with E-state index in [0.29, 0.717) is 45.8 Å². The monoisotopic (exact) mass is 439 g/mol. The number of amides is 1. The van der Waals surface area contributed by atoms with Gasteiger partial charge in [-0.25, -0.2) is 18.7 Å². The van der Waals surface area contributed by atoms with Gasteiger partial charge in [0, 0.05) is 25.2 Å². The molecule has 9 heteroatoms. The maximum atomic E-state index is 15.0. The van der Waals surface area contributed by atoms with Crippen molar-refractivity contribution in [2.45, 2.75) is 32.8 Å². The van der Waals surface area contributed by atoms with E-state index >= 15 is 0 Å². The molecule has 0 radical (unpaired) electrons. The minimum Gasteiger partial charge on any atom is -0.383 e. The van der Waals surface area contributed by atoms with E-state index in [-0.39, 0.29) is 17.7 Å². The molecule has 0 saturated carbocycles. The quantitative estimate of drug-likeness (QED) is 0.573. The van der Waals surface area contributed by atoms with Crippen molar-refractivity contribution < 1.29 is 18.7 Å². The first kappa shape index (κ1) is 21.6. The number of aliphatic hydroxyl groups is 1. The number of rotatable bonds is 4. The van der Waals surface area contributed by atoms with Gasteiger partial charge in [0.2, 0.25) is 0 Å². The lowest BCUT2D eigenvalue weighted by atomic mass is 9.99. The van der Waals surface area contributed by atoms with Crippen molar-refractivity contribution in [2.24, 2.45) is 7.05 Å². The van der Waals surface area contributed by atoms with E-state index in [4.69, 9.17) is 5.73 Å². The highest BCUT2D eigenvalue weighted by atomic mass is 19.1. The van der Waals surface area contributed by atoms with Crippen LogP contribution in [0.5, 0.6) is 0 Å². The van der Waals surface area contributed by atoms with E-state index in [1.807, 2.05) is 7.05 Å². The molecule has 0 aliphatic heterocycles. The number of aliphatic hydroxyl groups excluding tert-OH is 1. The van der Waals surface area contributed by atoms with Crippen molar-refractivity contribution in [2.75, 3.05) is 11.1 Å². The lowest BCUT2D eigenvalue weighted by Gasteiger charge is -2.16. The Morgan fingerprint density at radius 2 is 2.00 bits per heavy atom. The van der Waals surface area contributed by atoms with Crippen molar-refractivity contribution in [1.29, 1.82) is 0 Å². The molecule has 2 heterocycles. The molecule has 4 N–H and O–H groups in total. The molecule has 0 fully saturated rings. The zero-order valence-electron chi connectivity index (χ0n) is 17.9. The number of anilines is 2. The summed E-state index contributed by atoms with van der Waals surface area (Å²) in [7, 11) is 1.82. The van der Waals surface area contributed by atoms with Gasteiger partial charge in [0.05, 0.1) is 11.1 Å². The van der Waals surface area contributed by atoms with E-state index in [2.05, 4.69) is 15.3 Å². The molecular formula is C23H23F2N5O2. The van der Waals surface area contributed by atoms with Gasteiger partial charge in [0.1, 0.15) is 28.9 Å². The number of nitrogen functional groups attached to an aromatic ring is 1. The predicted molar refractivity (Wildman–Crippen MR) is 119 cm³/mol. The standard InChI is InChI=1S/C23H23F2N5O2/c1-11-7-18(29-23(32)20(31)13-5-4-6-14(24)8-13)17(25)9-15(11)16-10-30(3)22-19(16)21(26)27-12(2)28-22/h5,7-10,20,31H,4,6H2,1-3H3,(H,29,32)(H2,26,27,28). The van der Waals surface area contributed by atoms with Gasteiger partial charge < -0.3 is 20.7 Å². The molecule has 0 spiro atoms. The molecule has 2 aromatic heterocycles. The Balaban J connectivity index is 1.67. The maximum Gasteiger partial charge on any atom is 0.257 e. The Bertz CT molecular complexity index is 1310. The summed E-state index contributed by atoms with van der Waals surface area (Å²) in [6.45, 7) is 3.51. The third-order valence-electron chi connectivity index (χ3n) is 5.47. The summed E-state index contributed by atoms with van der Waals surface area (Å²) in [6.07, 6.45) is 3.55. The number of halogens is 2. The lowest BCUT2D eigenvalue weighted by molar-refractivity contribution is -0.122. The minimum absolute atomic E-state index is 0.0866. The second kappa shape index (κ2) is 8.16. The van der Waals surface area contributed by atoms with Crippen LogP contribution in [0.15, 0.2) is 41.9 Å². The van der Waals surface area contributed by atoms with Gasteiger partial charge in [-0.15, -0.1) is 0 Å². The summed E-state index contributed by atoms with van der Waals surface area (Å²) >= 11 is 0. The number of carbonyl (C=O) groups excluding carboxylic acids is 1. The first-order chi connectivity index (χ1) is 15.2. The van der Waals surface area contributed by atoms with E-state index in [9.17, 15) is 18.7 Å². The molecule has 3 aromatic rings. The fourth-order valence-corrected chi connectivity index (χ4v) is 3.92. The molecule has 1 aliphatic carbocycles. The van der Waals surface area contributed by atoms with E-state index in [1.165, 1.54) is 12.1 Å². The molecule has 32 heavy (non-hydrogen) atoms. The molecule has 1 unspecified atom stereocenters. The van der Waals surface area contributed by atoms with Crippen LogP contribution in [0.25, 0.3) is 22.2 Å². The number of fused-ring (bicyclic) bond motifs is 1. The molecule has 1 aromatic carbocycles. The number of benzene rings is 1. The molecule has 4 rings (SSSR count). The summed E-state index contributed by atoms with van der Waals surface area (Å²) in [4.78, 5) is 21.1. The lowest BCUT2D eigenvalue weighted by Crippen LogP contribution is -2.29. The number of nitrogens with zero attached hydrogens (tertiary/aromatic N) is 3. The van der Waals surface area contributed by atoms with Crippen LogP contribution in [0.3, 0.4) is 0 Å². The predicted octanol–water partition coefficient (Wildman–Crippen LogP) is 3.85. The van der Waals surface area contributed by atoms with Crippen molar-refractivity contribution in [3.63, 3.8) is 0 Å². The Labute approximate surface area is 183 Å². The summed E-state index contributed by atoms with van der Waals surface area (Å²) in [6, 6.07) is 2.77. The highest BCUT2D eigenvalue weighted by molar-refractivity contribution is 6.02. The Kier molecular flexibility index (Phi) is 5.52. The van der Waals surface area contributed by atoms with E-state index in [0.717, 1.165) is 6.08 Å². The minimum atomic E-state index is -1.60. The molecule has 0 saturated heterocycles. The zero-order chi connectivity index (χ0) is 23.2. The number of carbonyl (C=O) groups is 1. The van der Waals surface area contributed by atoms with Crippen LogP contribution in [-0.4, -0.2) is 31.7 Å². The van der Waals surface area contributed by atoms with Crippen LogP contribution < -0.4 is 11.1 Å². The summed E-state index contributed by atoms with van der Waals surface area (Å²) < 4.78 is 30.2. The largest absolute Gasteiger partial charge is 0.383 e. The van der Waals surface area contributed by atoms with E-state index in [1.54, 1.807) is 30.7 Å². The van der Waals surface area contributed by atoms with Crippen LogP contribution in [0, 0.1) is 19.7 Å². The Morgan fingerprint density at radius 1 is 1.25 bits per heavy atom. The third kappa shape index (κ3) is 3.87. The second-order valence-electron chi connectivity index (χ2n) is 7.88. The second-order valence-corrected chi connectivity index (χ2v) is 7.88. The number of hydrogen-bond donors (Lipinski definition) is 3. The van der Waals surface area contributed by atoms with Gasteiger partial charge in [0.15, 0.2) is 6.10 Å². The molecule has 1 aliphatic rings. The number of allylic oxidation sites excluding steroid dienone is 2. The Hall–Kier alpha value is -3.59. The van der Waals surface area contributed by atoms with Gasteiger partial charge in [-0.3, -0.25) is 4.79 Å². The van der Waals surface area contributed by atoms with Crippen LogP contribution in [0.2, 0.25) is 0 Å². The van der Waals surface area contributed by atoms with Gasteiger partial charge in [-0.05, 0) is 55.2 Å². The van der Waals surface area contributed by atoms with Gasteiger partial charge in [0.25, 0.3) is 5.91 Å². The van der Waals surface area contributed by atoms with Crippen molar-refractivity contribution in [3.8, 4) is 11.1 Å². The number of nitrogens with one attached hydrogen (secondary N) is 1. The first-order valence-electron chi connectivity index (χ1n) is 10.1. The molecule has 0 bridgehead atoms. The smallest absolute Gasteiger partial charge is 0.257 e. The maximum absolute atomic E-state index is 15.0. The van der Waals surface area contributed by atoms with Crippen LogP contribution in [0.4, 0.5) is 20.3 Å². The molecule has 7 nitrogen and oxygen atoms in total. The zero-order valence-corrected chi connectivity index (χ0v) is 17.9. The number of hydrogen-bond acceptors (Lipinski definition) is 5. The van der Waals surface area contributed by atoms with Crippen molar-refractivity contribution in [3.05, 3.63) is 59.1 Å². The highest BCUT2D eigenvalue weighted by Gasteiger charge is 2.23. The summed E-state index contributed by atoms with van der Waals surface area (Å²) in [5.74, 6) is -1.11. The van der Waals surface area contributed by atoms with Crippen LogP contribution in [0.1, 0.15) is 24.2 Å². The average Bonchev–Trinajstić information content (AvgIpc) is 3.06. The fourth-order valence-electron chi connectivity index (χ4n) is 3.92. The third-order valence-corrected chi connectivity index (χ3v) is 5.47. The number of aryl methyl sites for hydroxylation is 3. The van der Waals surface area contributed by atoms with Crippen molar-refractivity contribution in [1.82, 2.24) is 14.5 Å². The summed E-state index contributed by atoms with van der Waals surface area (Å²) in [5.41, 5.74) is 8.74. The van der Waals surface area contributed by atoms with Gasteiger partial charge in [-0.2, -0.15) is 0 Å². The SMILES string of the molecule is Cc1nc(N)c2c(-c3cc(F)c(NC(=O)C(O)C4=CCCC(F)=C4)cc3C)cn(C)c2n1. The molecule has 1 atom stereocenters. The summed E-state index contributed by atoms with van der Waals surface area (Å²) in [5, 5.41) is 13.3. The first-order valence-corrected chi connectivity index (χ1v) is 10.1. The van der Waals surface area contributed by atoms with Gasteiger partial charge in [-0.1, -0.05) is 6.08 Å². The van der Waals surface area contributed by atoms with Crippen LogP contribution in [-0.2, 0) is 11.8 Å².